The molecule has 7 nitrogen and oxygen atoms in total. The number of nitrogens with one attached hydrogen (secondary N) is 1. The summed E-state index contributed by atoms with van der Waals surface area (Å²) in [5.74, 6) is -0.0781. The number of ether oxygens (including phenoxy) is 1. The van der Waals surface area contributed by atoms with Crippen LogP contribution < -0.4 is 10.2 Å². The molecule has 1 atom stereocenters. The molecular weight excluding hydrogens is 260 g/mol. The van der Waals surface area contributed by atoms with E-state index in [1.807, 2.05) is 4.90 Å². The molecule has 2 heterocycles. The molecule has 1 fully saturated rings. The Morgan fingerprint density at radius 3 is 2.90 bits per heavy atom. The van der Waals surface area contributed by atoms with Gasteiger partial charge in [0.05, 0.1) is 6.61 Å². The molecule has 1 amide bonds. The molecule has 7 heteroatoms. The maximum atomic E-state index is 12.1. The van der Waals surface area contributed by atoms with Gasteiger partial charge in [0.25, 0.3) is 0 Å². The summed E-state index contributed by atoms with van der Waals surface area (Å²) in [7, 11) is 0. The second-order valence-corrected chi connectivity index (χ2v) is 4.42. The molecule has 2 rings (SSSR count). The molecule has 1 unspecified atom stereocenters. The first-order valence-corrected chi connectivity index (χ1v) is 6.69. The molecule has 108 valence electrons. The van der Waals surface area contributed by atoms with Crippen LogP contribution in [0, 0.1) is 0 Å². The highest BCUT2D eigenvalue weighted by Crippen LogP contribution is 2.21. The molecule has 1 N–H and O–H groups in total. The van der Waals surface area contributed by atoms with Crippen molar-refractivity contribution in [1.82, 2.24) is 15.3 Å². The number of rotatable bonds is 5. The van der Waals surface area contributed by atoms with Crippen LogP contribution in [-0.2, 0) is 14.3 Å². The van der Waals surface area contributed by atoms with Crippen LogP contribution in [0.2, 0.25) is 0 Å². The van der Waals surface area contributed by atoms with Gasteiger partial charge < -0.3 is 15.0 Å². The molecule has 0 spiro atoms. The second kappa shape index (κ2) is 6.83. The Balaban J connectivity index is 1.93. The molecule has 0 saturated carbocycles. The molecule has 1 saturated heterocycles. The number of aromatic nitrogens is 2. The summed E-state index contributed by atoms with van der Waals surface area (Å²) in [5.41, 5.74) is 0. The van der Waals surface area contributed by atoms with Crippen molar-refractivity contribution in [2.75, 3.05) is 24.6 Å². The summed E-state index contributed by atoms with van der Waals surface area (Å²) in [4.78, 5) is 33.5. The third-order valence-corrected chi connectivity index (χ3v) is 3.08. The predicted octanol–water partition coefficient (Wildman–Crippen LogP) is 0.125. The molecule has 20 heavy (non-hydrogen) atoms. The maximum Gasteiger partial charge on any atom is 0.325 e. The van der Waals surface area contributed by atoms with Crippen molar-refractivity contribution in [2.24, 2.45) is 0 Å². The first kappa shape index (κ1) is 14.2. The summed E-state index contributed by atoms with van der Waals surface area (Å²) in [5, 5.41) is 2.60. The minimum Gasteiger partial charge on any atom is -0.465 e. The fourth-order valence-corrected chi connectivity index (χ4v) is 2.21. The topological polar surface area (TPSA) is 84.4 Å². The van der Waals surface area contributed by atoms with Gasteiger partial charge in [-0.1, -0.05) is 0 Å². The fraction of sp³-hybridized carbons (Fsp3) is 0.538. The smallest absolute Gasteiger partial charge is 0.325 e. The SMILES string of the molecule is CCOC(=O)CNC(=O)C1CCCN1c1ncccn1. The zero-order chi connectivity index (χ0) is 14.4. The lowest BCUT2D eigenvalue weighted by atomic mass is 10.2. The van der Waals surface area contributed by atoms with Crippen LogP contribution in [0.25, 0.3) is 0 Å². The van der Waals surface area contributed by atoms with Gasteiger partial charge in [0.1, 0.15) is 12.6 Å². The Morgan fingerprint density at radius 2 is 2.20 bits per heavy atom. The molecular formula is C13H18N4O3. The van der Waals surface area contributed by atoms with E-state index in [0.717, 1.165) is 19.4 Å². The number of carbonyl (C=O) groups excluding carboxylic acids is 2. The van der Waals surface area contributed by atoms with E-state index in [1.54, 1.807) is 25.4 Å². The fourth-order valence-electron chi connectivity index (χ4n) is 2.21. The number of nitrogens with zero attached hydrogens (tertiary/aromatic N) is 3. The highest BCUT2D eigenvalue weighted by molar-refractivity contribution is 5.88. The van der Waals surface area contributed by atoms with Gasteiger partial charge in [-0.3, -0.25) is 9.59 Å². The Labute approximate surface area is 117 Å². The van der Waals surface area contributed by atoms with Crippen LogP contribution in [0.3, 0.4) is 0 Å². The Kier molecular flexibility index (Phi) is 4.86. The van der Waals surface area contributed by atoms with Crippen LogP contribution in [0.1, 0.15) is 19.8 Å². The van der Waals surface area contributed by atoms with Gasteiger partial charge in [0.2, 0.25) is 11.9 Å². The van der Waals surface area contributed by atoms with Crippen molar-refractivity contribution < 1.29 is 14.3 Å². The Bertz CT molecular complexity index is 466. The zero-order valence-electron chi connectivity index (χ0n) is 11.4. The average Bonchev–Trinajstić information content (AvgIpc) is 2.95. The first-order chi connectivity index (χ1) is 9.72. The van der Waals surface area contributed by atoms with E-state index >= 15 is 0 Å². The summed E-state index contributed by atoms with van der Waals surface area (Å²) in [6.07, 6.45) is 4.92. The van der Waals surface area contributed by atoms with Crippen LogP contribution in [0.5, 0.6) is 0 Å². The van der Waals surface area contributed by atoms with Crippen LogP contribution >= 0.6 is 0 Å². The van der Waals surface area contributed by atoms with Crippen molar-refractivity contribution in [2.45, 2.75) is 25.8 Å². The number of esters is 1. The van der Waals surface area contributed by atoms with Gasteiger partial charge in [-0.05, 0) is 25.8 Å². The standard InChI is InChI=1S/C13H18N4O3/c1-2-20-11(18)9-16-12(19)10-5-3-8-17(10)13-14-6-4-7-15-13/h4,6-7,10H,2-3,5,8-9H2,1H3,(H,16,19). The molecule has 1 aromatic heterocycles. The molecule has 1 aromatic rings. The van der Waals surface area contributed by atoms with Gasteiger partial charge in [-0.15, -0.1) is 0 Å². The minimum atomic E-state index is -0.429. The molecule has 0 aromatic carbocycles. The van der Waals surface area contributed by atoms with Crippen molar-refractivity contribution in [3.8, 4) is 0 Å². The number of hydrogen-bond acceptors (Lipinski definition) is 6. The third-order valence-electron chi connectivity index (χ3n) is 3.08. The Hall–Kier alpha value is -2.18. The maximum absolute atomic E-state index is 12.1. The quantitative estimate of drug-likeness (QED) is 0.770. The van der Waals surface area contributed by atoms with E-state index < -0.39 is 5.97 Å². The van der Waals surface area contributed by atoms with Crippen molar-refractivity contribution in [1.29, 1.82) is 0 Å². The van der Waals surface area contributed by atoms with E-state index in [4.69, 9.17) is 4.74 Å². The number of hydrogen-bond donors (Lipinski definition) is 1. The van der Waals surface area contributed by atoms with Gasteiger partial charge in [0, 0.05) is 18.9 Å². The monoisotopic (exact) mass is 278 g/mol. The highest BCUT2D eigenvalue weighted by atomic mass is 16.5. The largest absolute Gasteiger partial charge is 0.465 e. The summed E-state index contributed by atoms with van der Waals surface area (Å²) in [6, 6.07) is 1.40. The highest BCUT2D eigenvalue weighted by Gasteiger charge is 2.32. The van der Waals surface area contributed by atoms with E-state index in [9.17, 15) is 9.59 Å². The first-order valence-electron chi connectivity index (χ1n) is 6.69. The lowest BCUT2D eigenvalue weighted by Gasteiger charge is -2.23. The minimum absolute atomic E-state index is 0.105. The second-order valence-electron chi connectivity index (χ2n) is 4.42. The van der Waals surface area contributed by atoms with Gasteiger partial charge in [-0.25, -0.2) is 9.97 Å². The number of anilines is 1. The van der Waals surface area contributed by atoms with Gasteiger partial charge in [0.15, 0.2) is 0 Å². The van der Waals surface area contributed by atoms with Crippen molar-refractivity contribution in [3.05, 3.63) is 18.5 Å². The summed E-state index contributed by atoms with van der Waals surface area (Å²) >= 11 is 0. The van der Waals surface area contributed by atoms with Crippen LogP contribution in [0.15, 0.2) is 18.5 Å². The summed E-state index contributed by atoms with van der Waals surface area (Å²) in [6.45, 7) is 2.67. The zero-order valence-corrected chi connectivity index (χ0v) is 11.4. The lowest BCUT2D eigenvalue weighted by Crippen LogP contribution is -2.45. The predicted molar refractivity (Wildman–Crippen MR) is 72.0 cm³/mol. The van der Waals surface area contributed by atoms with Crippen LogP contribution in [0.4, 0.5) is 5.95 Å². The van der Waals surface area contributed by atoms with E-state index in [2.05, 4.69) is 15.3 Å². The normalized spacial score (nSPS) is 17.9. The van der Waals surface area contributed by atoms with E-state index in [1.165, 1.54) is 0 Å². The van der Waals surface area contributed by atoms with Crippen molar-refractivity contribution >= 4 is 17.8 Å². The summed E-state index contributed by atoms with van der Waals surface area (Å²) < 4.78 is 4.77. The van der Waals surface area contributed by atoms with Gasteiger partial charge in [-0.2, -0.15) is 0 Å². The molecule has 1 aliphatic heterocycles. The van der Waals surface area contributed by atoms with Crippen molar-refractivity contribution in [3.63, 3.8) is 0 Å². The number of amides is 1. The van der Waals surface area contributed by atoms with E-state index in [0.29, 0.717) is 12.6 Å². The molecule has 1 aliphatic rings. The molecule has 0 radical (unpaired) electrons. The van der Waals surface area contributed by atoms with Gasteiger partial charge >= 0.3 is 5.97 Å². The lowest BCUT2D eigenvalue weighted by molar-refractivity contribution is -0.143. The molecule has 0 bridgehead atoms. The Morgan fingerprint density at radius 1 is 1.45 bits per heavy atom. The number of carbonyl (C=O) groups is 2. The van der Waals surface area contributed by atoms with Crippen LogP contribution in [-0.4, -0.2) is 47.6 Å². The third kappa shape index (κ3) is 3.43. The van der Waals surface area contributed by atoms with E-state index in [-0.39, 0.29) is 18.5 Å². The molecule has 0 aliphatic carbocycles. The average molecular weight is 278 g/mol.